The second-order valence-electron chi connectivity index (χ2n) is 7.17. The molecule has 0 heterocycles. The van der Waals surface area contributed by atoms with E-state index in [1.54, 1.807) is 43.3 Å². The van der Waals surface area contributed by atoms with Crippen molar-refractivity contribution in [2.75, 3.05) is 10.6 Å². The van der Waals surface area contributed by atoms with E-state index >= 15 is 0 Å². The summed E-state index contributed by atoms with van der Waals surface area (Å²) in [7, 11) is 0. The van der Waals surface area contributed by atoms with Gasteiger partial charge in [-0.15, -0.1) is 0 Å². The third kappa shape index (κ3) is 6.23. The lowest BCUT2D eigenvalue weighted by molar-refractivity contribution is -0.119. The Hall–Kier alpha value is -3.15. The van der Waals surface area contributed by atoms with Crippen LogP contribution in [0.25, 0.3) is 0 Å². The van der Waals surface area contributed by atoms with Crippen molar-refractivity contribution in [3.05, 3.63) is 59.7 Å². The molecule has 6 nitrogen and oxygen atoms in total. The van der Waals surface area contributed by atoms with E-state index in [0.717, 1.165) is 5.56 Å². The molecule has 2 aromatic rings. The molecule has 148 valence electrons. The van der Waals surface area contributed by atoms with Crippen LogP contribution in [0, 0.1) is 12.8 Å². The predicted molar refractivity (Wildman–Crippen MR) is 111 cm³/mol. The Labute approximate surface area is 165 Å². The summed E-state index contributed by atoms with van der Waals surface area (Å²) in [5, 5.41) is 8.50. The Morgan fingerprint density at radius 2 is 1.61 bits per heavy atom. The summed E-state index contributed by atoms with van der Waals surface area (Å²) >= 11 is 0. The number of nitrogens with one attached hydrogen (secondary N) is 3. The Morgan fingerprint density at radius 3 is 2.25 bits per heavy atom. The zero-order valence-electron chi connectivity index (χ0n) is 16.7. The molecule has 3 N–H and O–H groups in total. The molecule has 1 unspecified atom stereocenters. The van der Waals surface area contributed by atoms with Gasteiger partial charge in [-0.2, -0.15) is 0 Å². The molecule has 0 saturated carbocycles. The van der Waals surface area contributed by atoms with Gasteiger partial charge in [0.2, 0.25) is 11.8 Å². The molecule has 2 aromatic carbocycles. The fourth-order valence-electron chi connectivity index (χ4n) is 2.55. The standard InChI is InChI=1S/C22H27N3O3/c1-14(2)21(27)24-18-11-10-15(3)19(13-18)25-20(26)12-16(4)23-22(28)17-8-6-5-7-9-17/h5-11,13-14,16H,12H2,1-4H3,(H,23,28)(H,24,27)(H,25,26). The molecule has 6 heteroatoms. The molecule has 0 aliphatic heterocycles. The second kappa shape index (κ2) is 9.69. The smallest absolute Gasteiger partial charge is 0.251 e. The maximum atomic E-state index is 12.4. The van der Waals surface area contributed by atoms with E-state index < -0.39 is 0 Å². The Morgan fingerprint density at radius 1 is 0.929 bits per heavy atom. The van der Waals surface area contributed by atoms with Crippen molar-refractivity contribution < 1.29 is 14.4 Å². The molecule has 2 rings (SSSR count). The monoisotopic (exact) mass is 381 g/mol. The quantitative estimate of drug-likeness (QED) is 0.683. The number of aryl methyl sites for hydroxylation is 1. The van der Waals surface area contributed by atoms with Gasteiger partial charge in [0.25, 0.3) is 5.91 Å². The Kier molecular flexibility index (Phi) is 7.32. The minimum absolute atomic E-state index is 0.0848. The highest BCUT2D eigenvalue weighted by Crippen LogP contribution is 2.21. The van der Waals surface area contributed by atoms with Crippen LogP contribution < -0.4 is 16.0 Å². The number of hydrogen-bond donors (Lipinski definition) is 3. The summed E-state index contributed by atoms with van der Waals surface area (Å²) in [6.45, 7) is 7.30. The van der Waals surface area contributed by atoms with Gasteiger partial charge in [0, 0.05) is 35.3 Å². The zero-order chi connectivity index (χ0) is 20.7. The lowest BCUT2D eigenvalue weighted by atomic mass is 10.1. The van der Waals surface area contributed by atoms with Gasteiger partial charge in [-0.25, -0.2) is 0 Å². The lowest BCUT2D eigenvalue weighted by Gasteiger charge is -2.16. The number of benzene rings is 2. The topological polar surface area (TPSA) is 87.3 Å². The molecule has 0 fully saturated rings. The average molecular weight is 381 g/mol. The van der Waals surface area contributed by atoms with Crippen molar-refractivity contribution in [3.8, 4) is 0 Å². The summed E-state index contributed by atoms with van der Waals surface area (Å²) in [5.41, 5.74) is 2.70. The molecule has 0 saturated heterocycles. The highest BCUT2D eigenvalue weighted by Gasteiger charge is 2.15. The molecule has 0 bridgehead atoms. The van der Waals surface area contributed by atoms with Gasteiger partial charge >= 0.3 is 0 Å². The van der Waals surface area contributed by atoms with Gasteiger partial charge < -0.3 is 16.0 Å². The van der Waals surface area contributed by atoms with Crippen LogP contribution in [0.3, 0.4) is 0 Å². The first-order chi connectivity index (χ1) is 13.3. The van der Waals surface area contributed by atoms with Gasteiger partial charge in [0.15, 0.2) is 0 Å². The van der Waals surface area contributed by atoms with Crippen LogP contribution >= 0.6 is 0 Å². The Bertz CT molecular complexity index is 847. The van der Waals surface area contributed by atoms with Gasteiger partial charge in [0.05, 0.1) is 0 Å². The lowest BCUT2D eigenvalue weighted by Crippen LogP contribution is -2.35. The van der Waals surface area contributed by atoms with Gasteiger partial charge in [-0.1, -0.05) is 38.1 Å². The van der Waals surface area contributed by atoms with E-state index in [9.17, 15) is 14.4 Å². The summed E-state index contributed by atoms with van der Waals surface area (Å²) in [4.78, 5) is 36.4. The normalized spacial score (nSPS) is 11.6. The van der Waals surface area contributed by atoms with Crippen LogP contribution in [0.15, 0.2) is 48.5 Å². The predicted octanol–water partition coefficient (Wildman–Crippen LogP) is 3.74. The molecular formula is C22H27N3O3. The van der Waals surface area contributed by atoms with Crippen LogP contribution in [-0.2, 0) is 9.59 Å². The molecule has 0 spiro atoms. The summed E-state index contributed by atoms with van der Waals surface area (Å²) in [5.74, 6) is -0.640. The molecule has 28 heavy (non-hydrogen) atoms. The number of carbonyl (C=O) groups excluding carboxylic acids is 3. The number of carbonyl (C=O) groups is 3. The first kappa shape index (κ1) is 21.2. The summed E-state index contributed by atoms with van der Waals surface area (Å²) in [6, 6.07) is 13.9. The number of anilines is 2. The van der Waals surface area contributed by atoms with Gasteiger partial charge in [-0.05, 0) is 43.7 Å². The van der Waals surface area contributed by atoms with Gasteiger partial charge in [0.1, 0.15) is 0 Å². The number of hydrogen-bond acceptors (Lipinski definition) is 3. The van der Waals surface area contributed by atoms with Crippen LogP contribution in [0.2, 0.25) is 0 Å². The summed E-state index contributed by atoms with van der Waals surface area (Å²) in [6.07, 6.45) is 0.139. The maximum Gasteiger partial charge on any atom is 0.251 e. The Balaban J connectivity index is 1.94. The van der Waals surface area contributed by atoms with Crippen molar-refractivity contribution in [3.63, 3.8) is 0 Å². The third-order valence-corrected chi connectivity index (χ3v) is 4.21. The van der Waals surface area contributed by atoms with Crippen molar-refractivity contribution in [1.82, 2.24) is 5.32 Å². The van der Waals surface area contributed by atoms with Crippen molar-refractivity contribution >= 4 is 29.1 Å². The molecular weight excluding hydrogens is 354 g/mol. The molecule has 3 amide bonds. The highest BCUT2D eigenvalue weighted by atomic mass is 16.2. The fourth-order valence-corrected chi connectivity index (χ4v) is 2.55. The third-order valence-electron chi connectivity index (χ3n) is 4.21. The summed E-state index contributed by atoms with van der Waals surface area (Å²) < 4.78 is 0. The van der Waals surface area contributed by atoms with E-state index in [0.29, 0.717) is 16.9 Å². The fraction of sp³-hybridized carbons (Fsp3) is 0.318. The van der Waals surface area contributed by atoms with E-state index in [-0.39, 0.29) is 36.1 Å². The van der Waals surface area contributed by atoms with Crippen molar-refractivity contribution in [2.45, 2.75) is 40.2 Å². The van der Waals surface area contributed by atoms with E-state index in [1.165, 1.54) is 0 Å². The first-order valence-electron chi connectivity index (χ1n) is 9.33. The minimum atomic E-state index is -0.322. The molecule has 0 aliphatic carbocycles. The molecule has 1 atom stereocenters. The SMILES string of the molecule is Cc1ccc(NC(=O)C(C)C)cc1NC(=O)CC(C)NC(=O)c1ccccc1. The zero-order valence-corrected chi connectivity index (χ0v) is 16.7. The molecule has 0 radical (unpaired) electrons. The van der Waals surface area contributed by atoms with E-state index in [2.05, 4.69) is 16.0 Å². The molecule has 0 aromatic heterocycles. The van der Waals surface area contributed by atoms with Gasteiger partial charge in [-0.3, -0.25) is 14.4 Å². The number of amides is 3. The largest absolute Gasteiger partial charge is 0.349 e. The maximum absolute atomic E-state index is 12.4. The number of rotatable bonds is 7. The second-order valence-corrected chi connectivity index (χ2v) is 7.17. The van der Waals surface area contributed by atoms with E-state index in [1.807, 2.05) is 32.9 Å². The van der Waals surface area contributed by atoms with E-state index in [4.69, 9.17) is 0 Å². The highest BCUT2D eigenvalue weighted by molar-refractivity contribution is 5.97. The van der Waals surface area contributed by atoms with Crippen LogP contribution in [-0.4, -0.2) is 23.8 Å². The van der Waals surface area contributed by atoms with Crippen LogP contribution in [0.5, 0.6) is 0 Å². The average Bonchev–Trinajstić information content (AvgIpc) is 2.64. The first-order valence-corrected chi connectivity index (χ1v) is 9.33. The van der Waals surface area contributed by atoms with Crippen molar-refractivity contribution in [1.29, 1.82) is 0 Å². The minimum Gasteiger partial charge on any atom is -0.349 e. The van der Waals surface area contributed by atoms with Crippen molar-refractivity contribution in [2.24, 2.45) is 5.92 Å². The van der Waals surface area contributed by atoms with Crippen LogP contribution in [0.1, 0.15) is 43.1 Å². The van der Waals surface area contributed by atoms with Crippen LogP contribution in [0.4, 0.5) is 11.4 Å². The molecule has 0 aliphatic rings.